The van der Waals surface area contributed by atoms with Crippen molar-refractivity contribution in [1.29, 1.82) is 0 Å². The lowest BCUT2D eigenvalue weighted by Crippen LogP contribution is -2.37. The molecule has 0 fully saturated rings. The molecule has 2 aromatic carbocycles. The first-order chi connectivity index (χ1) is 12.0. The van der Waals surface area contributed by atoms with Crippen LogP contribution in [0.1, 0.15) is 22.1 Å². The van der Waals surface area contributed by atoms with Crippen molar-refractivity contribution in [1.82, 2.24) is 15.1 Å². The Kier molecular flexibility index (Phi) is 4.81. The summed E-state index contributed by atoms with van der Waals surface area (Å²) in [5.74, 6) is -1.14. The van der Waals surface area contributed by atoms with Crippen molar-refractivity contribution in [3.63, 3.8) is 0 Å². The van der Waals surface area contributed by atoms with E-state index in [4.69, 9.17) is 17.3 Å². The smallest absolute Gasteiger partial charge is 0.272 e. The molecule has 126 valence electrons. The number of amides is 2. The molecule has 1 aromatic heterocycles. The molecular weight excluding hydrogens is 340 g/mol. The van der Waals surface area contributed by atoms with E-state index in [2.05, 4.69) is 10.4 Å². The second-order valence-corrected chi connectivity index (χ2v) is 5.78. The fourth-order valence-corrected chi connectivity index (χ4v) is 2.56. The van der Waals surface area contributed by atoms with Gasteiger partial charge in [-0.15, -0.1) is 0 Å². The molecule has 1 atom stereocenters. The zero-order chi connectivity index (χ0) is 17.8. The van der Waals surface area contributed by atoms with Gasteiger partial charge in [0.05, 0.1) is 5.69 Å². The van der Waals surface area contributed by atoms with Crippen LogP contribution in [0.3, 0.4) is 0 Å². The number of nitrogens with two attached hydrogens (primary N) is 1. The molecule has 6 nitrogen and oxygen atoms in total. The van der Waals surface area contributed by atoms with E-state index in [0.717, 1.165) is 5.69 Å². The number of primary amides is 1. The van der Waals surface area contributed by atoms with Crippen molar-refractivity contribution in [2.45, 2.75) is 6.04 Å². The van der Waals surface area contributed by atoms with E-state index in [1.165, 1.54) is 4.68 Å². The molecule has 0 saturated carbocycles. The van der Waals surface area contributed by atoms with Crippen LogP contribution in [0, 0.1) is 0 Å². The lowest BCUT2D eigenvalue weighted by molar-refractivity contribution is -0.120. The highest BCUT2D eigenvalue weighted by Gasteiger charge is 2.22. The van der Waals surface area contributed by atoms with Crippen molar-refractivity contribution >= 4 is 23.4 Å². The maximum absolute atomic E-state index is 12.4. The first-order valence-electron chi connectivity index (χ1n) is 7.51. The van der Waals surface area contributed by atoms with Gasteiger partial charge in [0.1, 0.15) is 6.04 Å². The molecule has 0 aliphatic heterocycles. The monoisotopic (exact) mass is 354 g/mol. The second kappa shape index (κ2) is 7.19. The Labute approximate surface area is 149 Å². The third-order valence-electron chi connectivity index (χ3n) is 3.59. The van der Waals surface area contributed by atoms with Crippen LogP contribution in [0.5, 0.6) is 0 Å². The number of carbonyl (C=O) groups excluding carboxylic acids is 2. The highest BCUT2D eigenvalue weighted by Crippen LogP contribution is 2.16. The van der Waals surface area contributed by atoms with Gasteiger partial charge in [0, 0.05) is 11.2 Å². The number of hydrogen-bond donors (Lipinski definition) is 2. The Bertz CT molecular complexity index is 908. The van der Waals surface area contributed by atoms with Gasteiger partial charge in [0.2, 0.25) is 5.91 Å². The molecule has 3 aromatic rings. The Hall–Kier alpha value is -3.12. The molecule has 1 heterocycles. The topological polar surface area (TPSA) is 90.0 Å². The molecule has 0 saturated heterocycles. The van der Waals surface area contributed by atoms with Crippen LogP contribution < -0.4 is 11.1 Å². The molecule has 2 amide bonds. The average Bonchev–Trinajstić information content (AvgIpc) is 3.10. The minimum Gasteiger partial charge on any atom is -0.368 e. The highest BCUT2D eigenvalue weighted by molar-refractivity contribution is 6.30. The largest absolute Gasteiger partial charge is 0.368 e. The third kappa shape index (κ3) is 3.87. The Balaban J connectivity index is 1.80. The van der Waals surface area contributed by atoms with Crippen molar-refractivity contribution in [3.05, 3.63) is 83.1 Å². The number of carbonyl (C=O) groups is 2. The van der Waals surface area contributed by atoms with Crippen LogP contribution in [0.4, 0.5) is 0 Å². The molecular formula is C18H15ClN4O2. The van der Waals surface area contributed by atoms with Gasteiger partial charge in [-0.25, -0.2) is 4.68 Å². The van der Waals surface area contributed by atoms with Gasteiger partial charge in [-0.3, -0.25) is 9.59 Å². The first kappa shape index (κ1) is 16.7. The van der Waals surface area contributed by atoms with Crippen LogP contribution in [0.25, 0.3) is 5.69 Å². The number of aromatic nitrogens is 2. The summed E-state index contributed by atoms with van der Waals surface area (Å²) < 4.78 is 1.53. The van der Waals surface area contributed by atoms with E-state index in [1.807, 2.05) is 12.1 Å². The number of nitrogens with one attached hydrogen (secondary N) is 1. The molecule has 0 unspecified atom stereocenters. The standard InChI is InChI=1S/C18H15ClN4O2/c19-13-7-4-8-14(11-13)23-10-9-15(22-23)18(25)21-16(17(20)24)12-5-2-1-3-6-12/h1-11,16H,(H2,20,24)(H,21,25)/t16-/m0/s1. The van der Waals surface area contributed by atoms with Crippen molar-refractivity contribution < 1.29 is 9.59 Å². The van der Waals surface area contributed by atoms with Crippen LogP contribution in [-0.4, -0.2) is 21.6 Å². The SMILES string of the molecule is NC(=O)[C@@H](NC(=O)c1ccn(-c2cccc(Cl)c2)n1)c1ccccc1. The van der Waals surface area contributed by atoms with Crippen LogP contribution >= 0.6 is 11.6 Å². The third-order valence-corrected chi connectivity index (χ3v) is 3.82. The molecule has 0 spiro atoms. The maximum atomic E-state index is 12.4. The quantitative estimate of drug-likeness (QED) is 0.737. The number of hydrogen-bond acceptors (Lipinski definition) is 3. The van der Waals surface area contributed by atoms with Gasteiger partial charge in [-0.2, -0.15) is 5.10 Å². The average molecular weight is 355 g/mol. The molecule has 3 rings (SSSR count). The van der Waals surface area contributed by atoms with E-state index >= 15 is 0 Å². The van der Waals surface area contributed by atoms with Gasteiger partial charge in [0.15, 0.2) is 5.69 Å². The molecule has 7 heteroatoms. The van der Waals surface area contributed by atoms with Crippen molar-refractivity contribution in [3.8, 4) is 5.69 Å². The lowest BCUT2D eigenvalue weighted by atomic mass is 10.1. The molecule has 0 radical (unpaired) electrons. The Morgan fingerprint density at radius 3 is 2.52 bits per heavy atom. The summed E-state index contributed by atoms with van der Waals surface area (Å²) in [7, 11) is 0. The molecule has 25 heavy (non-hydrogen) atoms. The minimum absolute atomic E-state index is 0.169. The van der Waals surface area contributed by atoms with Crippen molar-refractivity contribution in [2.75, 3.05) is 0 Å². The van der Waals surface area contributed by atoms with Crippen LogP contribution in [0.15, 0.2) is 66.9 Å². The minimum atomic E-state index is -0.926. The van der Waals surface area contributed by atoms with Crippen LogP contribution in [0.2, 0.25) is 5.02 Å². The van der Waals surface area contributed by atoms with Crippen molar-refractivity contribution in [2.24, 2.45) is 5.73 Å². The summed E-state index contributed by atoms with van der Waals surface area (Å²) in [6.07, 6.45) is 1.64. The molecule has 0 aliphatic rings. The lowest BCUT2D eigenvalue weighted by Gasteiger charge is -2.15. The summed E-state index contributed by atoms with van der Waals surface area (Å²) in [6, 6.07) is 16.5. The summed E-state index contributed by atoms with van der Waals surface area (Å²) in [6.45, 7) is 0. The zero-order valence-electron chi connectivity index (χ0n) is 13.1. The summed E-state index contributed by atoms with van der Waals surface area (Å²) >= 11 is 5.96. The second-order valence-electron chi connectivity index (χ2n) is 5.34. The van der Waals surface area contributed by atoms with Crippen LogP contribution in [-0.2, 0) is 4.79 Å². The first-order valence-corrected chi connectivity index (χ1v) is 7.89. The molecule has 3 N–H and O–H groups in total. The van der Waals surface area contributed by atoms with E-state index in [0.29, 0.717) is 10.6 Å². The Morgan fingerprint density at radius 1 is 1.08 bits per heavy atom. The van der Waals surface area contributed by atoms with Gasteiger partial charge >= 0.3 is 0 Å². The number of benzene rings is 2. The normalized spacial score (nSPS) is 11.7. The van der Waals surface area contributed by atoms with E-state index < -0.39 is 17.9 Å². The van der Waals surface area contributed by atoms with Gasteiger partial charge in [0.25, 0.3) is 5.91 Å². The Morgan fingerprint density at radius 2 is 1.84 bits per heavy atom. The van der Waals surface area contributed by atoms with E-state index in [1.54, 1.807) is 54.7 Å². The zero-order valence-corrected chi connectivity index (χ0v) is 13.9. The predicted molar refractivity (Wildman–Crippen MR) is 94.4 cm³/mol. The molecule has 0 aliphatic carbocycles. The van der Waals surface area contributed by atoms with E-state index in [9.17, 15) is 9.59 Å². The molecule has 0 bridgehead atoms. The van der Waals surface area contributed by atoms with Gasteiger partial charge in [-0.1, -0.05) is 48.0 Å². The summed E-state index contributed by atoms with van der Waals surface area (Å²) in [5.41, 5.74) is 6.91. The van der Waals surface area contributed by atoms with E-state index in [-0.39, 0.29) is 5.69 Å². The highest BCUT2D eigenvalue weighted by atomic mass is 35.5. The number of rotatable bonds is 5. The van der Waals surface area contributed by atoms with Gasteiger partial charge in [-0.05, 0) is 29.8 Å². The predicted octanol–water partition coefficient (Wildman–Crippen LogP) is 2.48. The number of halogens is 1. The summed E-state index contributed by atoms with van der Waals surface area (Å²) in [5, 5.41) is 7.40. The van der Waals surface area contributed by atoms with Gasteiger partial charge < -0.3 is 11.1 Å². The fraction of sp³-hybridized carbons (Fsp3) is 0.0556. The number of nitrogens with zero attached hydrogens (tertiary/aromatic N) is 2. The summed E-state index contributed by atoms with van der Waals surface area (Å²) in [4.78, 5) is 24.1. The fourth-order valence-electron chi connectivity index (χ4n) is 2.38. The maximum Gasteiger partial charge on any atom is 0.272 e.